The first-order valence-electron chi connectivity index (χ1n) is 7.96. The van der Waals surface area contributed by atoms with Gasteiger partial charge in [0.25, 0.3) is 5.89 Å². The minimum Gasteiger partial charge on any atom is -0.493 e. The lowest BCUT2D eigenvalue weighted by molar-refractivity contribution is -0.120. The van der Waals surface area contributed by atoms with Gasteiger partial charge in [0.05, 0.1) is 32.1 Å². The van der Waals surface area contributed by atoms with E-state index in [4.69, 9.17) is 13.9 Å². The molecule has 0 spiro atoms. The molecule has 1 aromatic carbocycles. The quantitative estimate of drug-likeness (QED) is 0.685. The van der Waals surface area contributed by atoms with Crippen molar-refractivity contribution in [2.24, 2.45) is 0 Å². The van der Waals surface area contributed by atoms with E-state index in [1.807, 2.05) is 25.1 Å². The van der Waals surface area contributed by atoms with Crippen LogP contribution in [0.4, 0.5) is 0 Å². The maximum absolute atomic E-state index is 12.1. The van der Waals surface area contributed by atoms with Gasteiger partial charge in [-0.1, -0.05) is 6.07 Å². The van der Waals surface area contributed by atoms with Crippen molar-refractivity contribution in [1.29, 1.82) is 0 Å². The third kappa shape index (κ3) is 4.20. The van der Waals surface area contributed by atoms with Crippen molar-refractivity contribution in [3.8, 4) is 22.3 Å². The fourth-order valence-corrected chi connectivity index (χ4v) is 3.18. The van der Waals surface area contributed by atoms with E-state index in [2.05, 4.69) is 15.5 Å². The van der Waals surface area contributed by atoms with Crippen LogP contribution in [0.1, 0.15) is 16.3 Å². The van der Waals surface area contributed by atoms with Crippen LogP contribution in [-0.2, 0) is 17.8 Å². The lowest BCUT2D eigenvalue weighted by Gasteiger charge is -2.09. The molecule has 3 rings (SSSR count). The summed E-state index contributed by atoms with van der Waals surface area (Å²) in [5, 5.41) is 10.8. The number of thiophene rings is 1. The maximum Gasteiger partial charge on any atom is 0.257 e. The summed E-state index contributed by atoms with van der Waals surface area (Å²) in [6.45, 7) is 2.20. The van der Waals surface area contributed by atoms with Crippen LogP contribution in [0.15, 0.2) is 34.7 Å². The van der Waals surface area contributed by atoms with Gasteiger partial charge in [-0.15, -0.1) is 21.5 Å². The number of nitrogens with zero attached hydrogens (tertiary/aromatic N) is 2. The topological polar surface area (TPSA) is 86.5 Å². The lowest BCUT2D eigenvalue weighted by atomic mass is 10.1. The number of nitrogens with one attached hydrogen (secondary N) is 1. The predicted molar refractivity (Wildman–Crippen MR) is 97.4 cm³/mol. The zero-order valence-electron chi connectivity index (χ0n) is 14.7. The number of benzene rings is 1. The van der Waals surface area contributed by atoms with Crippen LogP contribution in [-0.4, -0.2) is 30.3 Å². The number of methoxy groups -OCH3 is 2. The Morgan fingerprint density at radius 1 is 1.15 bits per heavy atom. The Kier molecular flexibility index (Phi) is 5.52. The highest BCUT2D eigenvalue weighted by atomic mass is 32.1. The fraction of sp³-hybridized carbons (Fsp3) is 0.278. The first-order valence-corrected chi connectivity index (χ1v) is 8.77. The van der Waals surface area contributed by atoms with Crippen LogP contribution in [0.2, 0.25) is 0 Å². The van der Waals surface area contributed by atoms with Gasteiger partial charge < -0.3 is 19.2 Å². The van der Waals surface area contributed by atoms with Crippen LogP contribution >= 0.6 is 11.3 Å². The molecule has 0 aliphatic heterocycles. The van der Waals surface area contributed by atoms with E-state index in [0.717, 1.165) is 10.4 Å². The molecule has 7 nitrogen and oxygen atoms in total. The van der Waals surface area contributed by atoms with Gasteiger partial charge >= 0.3 is 0 Å². The standard InChI is InChI=1S/C18H19N3O4S/c1-11-4-7-15(26-11)18-21-20-17(25-18)10-19-16(22)9-12-5-6-13(23-2)14(8-12)24-3/h4-8H,9-10H2,1-3H3,(H,19,22). The molecule has 0 bridgehead atoms. The van der Waals surface area contributed by atoms with E-state index in [1.54, 1.807) is 37.7 Å². The van der Waals surface area contributed by atoms with E-state index < -0.39 is 0 Å². The largest absolute Gasteiger partial charge is 0.493 e. The predicted octanol–water partition coefficient (Wildman–Crippen LogP) is 2.98. The molecule has 8 heteroatoms. The van der Waals surface area contributed by atoms with E-state index >= 15 is 0 Å². The van der Waals surface area contributed by atoms with Crippen molar-refractivity contribution < 1.29 is 18.7 Å². The Bertz CT molecular complexity index is 903. The molecule has 136 valence electrons. The van der Waals surface area contributed by atoms with Crippen LogP contribution in [0.25, 0.3) is 10.8 Å². The summed E-state index contributed by atoms with van der Waals surface area (Å²) in [4.78, 5) is 14.2. The average Bonchev–Trinajstić information content (AvgIpc) is 3.28. The Morgan fingerprint density at radius 3 is 2.65 bits per heavy atom. The summed E-state index contributed by atoms with van der Waals surface area (Å²) < 4.78 is 16.0. The molecule has 0 atom stereocenters. The van der Waals surface area contributed by atoms with Crippen molar-refractivity contribution >= 4 is 17.2 Å². The van der Waals surface area contributed by atoms with Gasteiger partial charge in [-0.05, 0) is 36.8 Å². The summed E-state index contributed by atoms with van der Waals surface area (Å²) in [6.07, 6.45) is 0.214. The van der Waals surface area contributed by atoms with Crippen LogP contribution < -0.4 is 14.8 Å². The maximum atomic E-state index is 12.1. The second-order valence-electron chi connectivity index (χ2n) is 5.55. The number of hydrogen-bond donors (Lipinski definition) is 1. The smallest absolute Gasteiger partial charge is 0.257 e. The van der Waals surface area contributed by atoms with Gasteiger partial charge in [-0.2, -0.15) is 0 Å². The third-order valence-corrected chi connectivity index (χ3v) is 4.66. The molecule has 0 aliphatic carbocycles. The van der Waals surface area contributed by atoms with Gasteiger partial charge in [-0.25, -0.2) is 0 Å². The van der Waals surface area contributed by atoms with Gasteiger partial charge in [0.15, 0.2) is 11.5 Å². The van der Waals surface area contributed by atoms with Gasteiger partial charge in [0, 0.05) is 4.88 Å². The number of aryl methyl sites for hydroxylation is 1. The minimum absolute atomic E-state index is 0.149. The molecule has 2 aromatic heterocycles. The van der Waals surface area contributed by atoms with E-state index in [1.165, 1.54) is 4.88 Å². The summed E-state index contributed by atoms with van der Waals surface area (Å²) in [7, 11) is 3.13. The van der Waals surface area contributed by atoms with Crippen LogP contribution in [0.3, 0.4) is 0 Å². The third-order valence-electron chi connectivity index (χ3n) is 3.67. The molecular formula is C18H19N3O4S. The number of aromatic nitrogens is 2. The highest BCUT2D eigenvalue weighted by Gasteiger charge is 2.12. The zero-order chi connectivity index (χ0) is 18.5. The number of hydrogen-bond acceptors (Lipinski definition) is 7. The number of carbonyl (C=O) groups excluding carboxylic acids is 1. The number of ether oxygens (including phenoxy) is 2. The minimum atomic E-state index is -0.149. The number of amides is 1. The molecule has 26 heavy (non-hydrogen) atoms. The van der Waals surface area contributed by atoms with Gasteiger partial charge in [-0.3, -0.25) is 4.79 Å². The summed E-state index contributed by atoms with van der Waals surface area (Å²) >= 11 is 1.58. The van der Waals surface area contributed by atoms with Crippen LogP contribution in [0.5, 0.6) is 11.5 Å². The van der Waals surface area contributed by atoms with Gasteiger partial charge in [0.2, 0.25) is 11.8 Å². The first-order chi connectivity index (χ1) is 12.6. The summed E-state index contributed by atoms with van der Waals surface area (Å²) in [5.74, 6) is 1.90. The Balaban J connectivity index is 1.57. The van der Waals surface area contributed by atoms with E-state index in [0.29, 0.717) is 23.3 Å². The van der Waals surface area contributed by atoms with Crippen LogP contribution in [0, 0.1) is 6.92 Å². The molecule has 0 saturated heterocycles. The Labute approximate surface area is 155 Å². The summed E-state index contributed by atoms with van der Waals surface area (Å²) in [5.41, 5.74) is 0.820. The number of rotatable bonds is 7. The SMILES string of the molecule is COc1ccc(CC(=O)NCc2nnc(-c3ccc(C)s3)o2)cc1OC. The van der Waals surface area contributed by atoms with Crippen molar-refractivity contribution in [1.82, 2.24) is 15.5 Å². The second-order valence-corrected chi connectivity index (χ2v) is 6.84. The molecule has 0 saturated carbocycles. The highest BCUT2D eigenvalue weighted by Crippen LogP contribution is 2.28. The normalized spacial score (nSPS) is 10.6. The molecule has 2 heterocycles. The molecule has 0 fully saturated rings. The molecule has 1 amide bonds. The lowest BCUT2D eigenvalue weighted by Crippen LogP contribution is -2.24. The van der Waals surface area contributed by atoms with Crippen molar-refractivity contribution in [3.63, 3.8) is 0 Å². The Hall–Kier alpha value is -2.87. The molecule has 0 radical (unpaired) electrons. The monoisotopic (exact) mass is 373 g/mol. The second kappa shape index (κ2) is 8.01. The van der Waals surface area contributed by atoms with Crippen molar-refractivity contribution in [2.45, 2.75) is 19.9 Å². The molecule has 3 aromatic rings. The zero-order valence-corrected chi connectivity index (χ0v) is 15.6. The van der Waals surface area contributed by atoms with Crippen molar-refractivity contribution in [2.75, 3.05) is 14.2 Å². The molecular weight excluding hydrogens is 354 g/mol. The van der Waals surface area contributed by atoms with E-state index in [9.17, 15) is 4.79 Å². The molecule has 1 N–H and O–H groups in total. The Morgan fingerprint density at radius 2 is 1.96 bits per heavy atom. The fourth-order valence-electron chi connectivity index (χ4n) is 2.39. The highest BCUT2D eigenvalue weighted by molar-refractivity contribution is 7.15. The van der Waals surface area contributed by atoms with Gasteiger partial charge in [0.1, 0.15) is 0 Å². The van der Waals surface area contributed by atoms with Crippen molar-refractivity contribution in [3.05, 3.63) is 46.7 Å². The number of carbonyl (C=O) groups is 1. The molecule has 0 aliphatic rings. The van der Waals surface area contributed by atoms with E-state index in [-0.39, 0.29) is 18.9 Å². The summed E-state index contributed by atoms with van der Waals surface area (Å²) in [6, 6.07) is 9.31. The first kappa shape index (κ1) is 17.9. The average molecular weight is 373 g/mol. The molecule has 0 unspecified atom stereocenters.